The first-order valence-electron chi connectivity index (χ1n) is 5.57. The third-order valence-corrected chi connectivity index (χ3v) is 4.00. The second-order valence-electron chi connectivity index (χ2n) is 5.44. The van der Waals surface area contributed by atoms with Crippen LogP contribution in [0.3, 0.4) is 0 Å². The highest BCUT2D eigenvalue weighted by atomic mass is 16.5. The number of ether oxygens (including phenoxy) is 1. The van der Waals surface area contributed by atoms with E-state index in [1.54, 1.807) is 0 Å². The number of amides is 1. The first-order valence-corrected chi connectivity index (χ1v) is 5.57. The molecule has 3 fully saturated rings. The molecule has 4 atom stereocenters. The Hall–Kier alpha value is -0.570. The van der Waals surface area contributed by atoms with Crippen molar-refractivity contribution >= 4 is 5.91 Å². The van der Waals surface area contributed by atoms with E-state index < -0.39 is 5.72 Å². The summed E-state index contributed by atoms with van der Waals surface area (Å²) in [6.45, 7) is 3.88. The summed E-state index contributed by atoms with van der Waals surface area (Å²) in [7, 11) is 0. The van der Waals surface area contributed by atoms with Crippen molar-refractivity contribution in [2.75, 3.05) is 0 Å². The van der Waals surface area contributed by atoms with Gasteiger partial charge in [-0.05, 0) is 44.9 Å². The fourth-order valence-electron chi connectivity index (χ4n) is 3.52. The van der Waals surface area contributed by atoms with Crippen LogP contribution in [0.2, 0.25) is 0 Å². The van der Waals surface area contributed by atoms with Crippen molar-refractivity contribution < 1.29 is 9.53 Å². The number of fused-ring (bicyclic) bond motifs is 5. The smallest absolute Gasteiger partial charge is 0.228 e. The standard InChI is InChI=1S/C11H17NO2/c1-11(2)12-10(13)8-6-3-4-7(5-6)9(8)14-11/h6-9H,3-5H2,1-2H3,(H,12,13). The first kappa shape index (κ1) is 8.72. The van der Waals surface area contributed by atoms with Gasteiger partial charge in [-0.2, -0.15) is 0 Å². The van der Waals surface area contributed by atoms with Crippen LogP contribution in [0.15, 0.2) is 0 Å². The Labute approximate surface area is 84.2 Å². The second-order valence-corrected chi connectivity index (χ2v) is 5.44. The van der Waals surface area contributed by atoms with E-state index >= 15 is 0 Å². The summed E-state index contributed by atoms with van der Waals surface area (Å²) in [6.07, 6.45) is 3.90. The molecule has 4 unspecified atom stereocenters. The predicted molar refractivity (Wildman–Crippen MR) is 51.4 cm³/mol. The molecule has 3 heteroatoms. The Kier molecular flexibility index (Phi) is 1.56. The molecule has 1 aliphatic heterocycles. The van der Waals surface area contributed by atoms with Crippen molar-refractivity contribution in [3.05, 3.63) is 0 Å². The molecule has 0 aromatic rings. The van der Waals surface area contributed by atoms with E-state index in [2.05, 4.69) is 5.32 Å². The maximum absolute atomic E-state index is 11.9. The van der Waals surface area contributed by atoms with E-state index in [0.29, 0.717) is 11.8 Å². The minimum atomic E-state index is -0.456. The zero-order valence-corrected chi connectivity index (χ0v) is 8.75. The quantitative estimate of drug-likeness (QED) is 0.632. The molecular formula is C11H17NO2. The molecule has 0 aromatic carbocycles. The highest BCUT2D eigenvalue weighted by Crippen LogP contribution is 2.52. The Morgan fingerprint density at radius 3 is 2.86 bits per heavy atom. The molecular weight excluding hydrogens is 178 g/mol. The SMILES string of the molecule is CC1(C)NC(=O)C2C3CCC(C3)C2O1. The zero-order chi connectivity index (χ0) is 9.92. The molecule has 0 aromatic heterocycles. The molecule has 2 bridgehead atoms. The third kappa shape index (κ3) is 1.05. The van der Waals surface area contributed by atoms with Crippen molar-refractivity contribution in [1.29, 1.82) is 0 Å². The van der Waals surface area contributed by atoms with E-state index in [9.17, 15) is 4.79 Å². The summed E-state index contributed by atoms with van der Waals surface area (Å²) in [4.78, 5) is 11.9. The molecule has 3 rings (SSSR count). The number of rotatable bonds is 0. The van der Waals surface area contributed by atoms with Crippen LogP contribution in [0.1, 0.15) is 33.1 Å². The lowest BCUT2D eigenvalue weighted by atomic mass is 9.84. The fourth-order valence-corrected chi connectivity index (χ4v) is 3.52. The topological polar surface area (TPSA) is 38.3 Å². The molecule has 1 saturated heterocycles. The van der Waals surface area contributed by atoms with Gasteiger partial charge in [-0.1, -0.05) is 0 Å². The average molecular weight is 195 g/mol. The van der Waals surface area contributed by atoms with Crippen molar-refractivity contribution in [3.63, 3.8) is 0 Å². The zero-order valence-electron chi connectivity index (χ0n) is 8.75. The van der Waals surface area contributed by atoms with Crippen molar-refractivity contribution in [3.8, 4) is 0 Å². The average Bonchev–Trinajstić information content (AvgIpc) is 2.59. The third-order valence-electron chi connectivity index (χ3n) is 4.00. The molecule has 3 nitrogen and oxygen atoms in total. The van der Waals surface area contributed by atoms with Gasteiger partial charge in [0.1, 0.15) is 5.72 Å². The highest BCUT2D eigenvalue weighted by molar-refractivity contribution is 5.81. The number of nitrogens with one attached hydrogen (secondary N) is 1. The van der Waals surface area contributed by atoms with Gasteiger partial charge in [-0.3, -0.25) is 4.79 Å². The molecule has 1 heterocycles. The summed E-state index contributed by atoms with van der Waals surface area (Å²) < 4.78 is 5.97. The predicted octanol–water partition coefficient (Wildman–Crippen LogP) is 1.28. The van der Waals surface area contributed by atoms with Gasteiger partial charge < -0.3 is 10.1 Å². The van der Waals surface area contributed by atoms with Crippen LogP contribution in [-0.2, 0) is 9.53 Å². The van der Waals surface area contributed by atoms with Crippen LogP contribution < -0.4 is 5.32 Å². The summed E-state index contributed by atoms with van der Waals surface area (Å²) in [5.41, 5.74) is -0.456. The second kappa shape index (κ2) is 2.51. The number of carbonyl (C=O) groups excluding carboxylic acids is 1. The van der Waals surface area contributed by atoms with Crippen molar-refractivity contribution in [2.45, 2.75) is 44.9 Å². The van der Waals surface area contributed by atoms with Gasteiger partial charge in [0.05, 0.1) is 12.0 Å². The van der Waals surface area contributed by atoms with Crippen LogP contribution in [0.25, 0.3) is 0 Å². The summed E-state index contributed by atoms with van der Waals surface area (Å²) >= 11 is 0. The molecule has 1 N–H and O–H groups in total. The molecule has 0 radical (unpaired) electrons. The molecule has 1 amide bonds. The van der Waals surface area contributed by atoms with Gasteiger partial charge in [0.2, 0.25) is 5.91 Å². The monoisotopic (exact) mass is 195 g/mol. The van der Waals surface area contributed by atoms with Crippen molar-refractivity contribution in [2.24, 2.45) is 17.8 Å². The Morgan fingerprint density at radius 2 is 2.07 bits per heavy atom. The Balaban J connectivity index is 1.90. The van der Waals surface area contributed by atoms with Crippen molar-refractivity contribution in [1.82, 2.24) is 5.32 Å². The van der Waals surface area contributed by atoms with E-state index in [1.807, 2.05) is 13.8 Å². The lowest BCUT2D eigenvalue weighted by molar-refractivity contribution is -0.180. The normalized spacial score (nSPS) is 48.9. The lowest BCUT2D eigenvalue weighted by Gasteiger charge is -2.43. The maximum atomic E-state index is 11.9. The van der Waals surface area contributed by atoms with Crippen LogP contribution in [-0.4, -0.2) is 17.7 Å². The van der Waals surface area contributed by atoms with Gasteiger partial charge in [0, 0.05) is 0 Å². The Morgan fingerprint density at radius 1 is 1.36 bits per heavy atom. The van der Waals surface area contributed by atoms with Gasteiger partial charge in [0.25, 0.3) is 0 Å². The largest absolute Gasteiger partial charge is 0.352 e. The van der Waals surface area contributed by atoms with E-state index in [1.165, 1.54) is 19.3 Å². The van der Waals surface area contributed by atoms with E-state index in [-0.39, 0.29) is 17.9 Å². The van der Waals surface area contributed by atoms with Gasteiger partial charge in [-0.15, -0.1) is 0 Å². The number of hydrogen-bond acceptors (Lipinski definition) is 2. The van der Waals surface area contributed by atoms with Crippen LogP contribution >= 0.6 is 0 Å². The van der Waals surface area contributed by atoms with E-state index in [4.69, 9.17) is 4.74 Å². The van der Waals surface area contributed by atoms with Crippen LogP contribution in [0, 0.1) is 17.8 Å². The molecule has 3 aliphatic rings. The Bertz CT molecular complexity index is 287. The highest BCUT2D eigenvalue weighted by Gasteiger charge is 2.55. The van der Waals surface area contributed by atoms with Gasteiger partial charge >= 0.3 is 0 Å². The fraction of sp³-hybridized carbons (Fsp3) is 0.909. The number of carbonyl (C=O) groups is 1. The summed E-state index contributed by atoms with van der Waals surface area (Å²) in [5.74, 6) is 1.62. The first-order chi connectivity index (χ1) is 6.57. The number of hydrogen-bond donors (Lipinski definition) is 1. The summed E-state index contributed by atoms with van der Waals surface area (Å²) in [6, 6.07) is 0. The molecule has 0 spiro atoms. The van der Waals surface area contributed by atoms with Gasteiger partial charge in [-0.25, -0.2) is 0 Å². The summed E-state index contributed by atoms with van der Waals surface area (Å²) in [5, 5.41) is 2.95. The molecule has 78 valence electrons. The molecule has 2 saturated carbocycles. The lowest BCUT2D eigenvalue weighted by Crippen LogP contribution is -2.59. The maximum Gasteiger partial charge on any atom is 0.228 e. The van der Waals surface area contributed by atoms with Gasteiger partial charge in [0.15, 0.2) is 0 Å². The molecule has 2 aliphatic carbocycles. The molecule has 14 heavy (non-hydrogen) atoms. The van der Waals surface area contributed by atoms with Crippen LogP contribution in [0.4, 0.5) is 0 Å². The minimum Gasteiger partial charge on any atom is -0.352 e. The van der Waals surface area contributed by atoms with Crippen LogP contribution in [0.5, 0.6) is 0 Å². The minimum absolute atomic E-state index is 0.154. The van der Waals surface area contributed by atoms with E-state index in [0.717, 1.165) is 0 Å².